The largest absolute Gasteiger partial charge is 0.385 e. The van der Waals surface area contributed by atoms with E-state index >= 15 is 0 Å². The second-order valence-electron chi connectivity index (χ2n) is 10.4. The number of likely N-dealkylation sites (tertiary alicyclic amines) is 1. The van der Waals surface area contributed by atoms with Gasteiger partial charge in [-0.15, -0.1) is 0 Å². The van der Waals surface area contributed by atoms with E-state index < -0.39 is 23.6 Å². The van der Waals surface area contributed by atoms with Crippen LogP contribution < -0.4 is 0 Å². The summed E-state index contributed by atoms with van der Waals surface area (Å²) in [5, 5.41) is 0. The van der Waals surface area contributed by atoms with Crippen molar-refractivity contribution in [2.45, 2.75) is 44.7 Å². The molecule has 1 aromatic heterocycles. The molecule has 0 aliphatic carbocycles. The quantitative estimate of drug-likeness (QED) is 0.225. The molecule has 2 heterocycles. The average Bonchev–Trinajstić information content (AvgIpc) is 3.41. The molecule has 5 rings (SSSR count). The number of carbonyl (C=O) groups excluding carboxylic acids is 1. The van der Waals surface area contributed by atoms with E-state index in [9.17, 15) is 13.6 Å². The molecule has 1 N–H and O–H groups in total. The second kappa shape index (κ2) is 13.2. The van der Waals surface area contributed by atoms with Crippen LogP contribution in [-0.4, -0.2) is 59.0 Å². The highest BCUT2D eigenvalue weighted by atomic mass is 19.2. The maximum Gasteiger partial charge on any atom is 0.257 e. The molecule has 0 bridgehead atoms. The van der Waals surface area contributed by atoms with E-state index in [1.165, 1.54) is 37.0 Å². The van der Waals surface area contributed by atoms with Gasteiger partial charge in [-0.1, -0.05) is 48.9 Å². The Morgan fingerprint density at radius 2 is 1.75 bits per heavy atom. The van der Waals surface area contributed by atoms with Gasteiger partial charge in [0, 0.05) is 33.2 Å². The molecule has 0 spiro atoms. The zero-order valence-electron chi connectivity index (χ0n) is 22.9. The van der Waals surface area contributed by atoms with Crippen molar-refractivity contribution in [3.05, 3.63) is 101 Å². The molecule has 1 aliphatic rings. The van der Waals surface area contributed by atoms with Gasteiger partial charge in [-0.3, -0.25) is 9.69 Å². The summed E-state index contributed by atoms with van der Waals surface area (Å²) in [7, 11) is 1.60. The number of aromatic nitrogens is 2. The number of nitrogens with zero attached hydrogens (tertiary/aromatic N) is 3. The number of amides is 1. The minimum Gasteiger partial charge on any atom is -0.385 e. The van der Waals surface area contributed by atoms with Crippen molar-refractivity contribution >= 4 is 16.9 Å². The summed E-state index contributed by atoms with van der Waals surface area (Å²) in [5.41, 5.74) is 3.64. The van der Waals surface area contributed by atoms with Gasteiger partial charge in [0.2, 0.25) is 0 Å². The molecule has 4 aromatic rings. The number of ether oxygens (including phenoxy) is 1. The van der Waals surface area contributed by atoms with Crippen molar-refractivity contribution in [2.75, 3.05) is 33.4 Å². The molecule has 210 valence electrons. The molecular formula is C32H36F2N4O2. The average molecular weight is 547 g/mol. The molecule has 6 nitrogen and oxygen atoms in total. The number of carbonyl (C=O) groups is 1. The Balaban J connectivity index is 1.56. The Morgan fingerprint density at radius 1 is 1.00 bits per heavy atom. The van der Waals surface area contributed by atoms with Gasteiger partial charge in [-0.25, -0.2) is 13.8 Å². The molecule has 1 saturated heterocycles. The van der Waals surface area contributed by atoms with E-state index in [0.717, 1.165) is 42.3 Å². The number of benzene rings is 3. The predicted molar refractivity (Wildman–Crippen MR) is 152 cm³/mol. The van der Waals surface area contributed by atoms with Gasteiger partial charge in [0.1, 0.15) is 5.82 Å². The first-order chi connectivity index (χ1) is 19.5. The third-order valence-corrected chi connectivity index (χ3v) is 7.66. The second-order valence-corrected chi connectivity index (χ2v) is 10.4. The molecule has 1 amide bonds. The van der Waals surface area contributed by atoms with Gasteiger partial charge >= 0.3 is 0 Å². The number of piperidine rings is 1. The summed E-state index contributed by atoms with van der Waals surface area (Å²) in [6, 6.07) is 19.2. The van der Waals surface area contributed by atoms with E-state index in [1.807, 2.05) is 36.4 Å². The van der Waals surface area contributed by atoms with Crippen molar-refractivity contribution in [3.63, 3.8) is 0 Å². The minimum absolute atomic E-state index is 0.290. The lowest BCUT2D eigenvalue weighted by molar-refractivity contribution is 0.0636. The number of hydrogen-bond donors (Lipinski definition) is 1. The lowest BCUT2D eigenvalue weighted by atomic mass is 9.97. The topological polar surface area (TPSA) is 61.5 Å². The van der Waals surface area contributed by atoms with Crippen molar-refractivity contribution in [1.29, 1.82) is 0 Å². The van der Waals surface area contributed by atoms with Crippen LogP contribution in [0.1, 0.15) is 59.0 Å². The summed E-state index contributed by atoms with van der Waals surface area (Å²) >= 11 is 0. The number of fused-ring (bicyclic) bond motifs is 1. The highest BCUT2D eigenvalue weighted by Crippen LogP contribution is 2.30. The Bertz CT molecular complexity index is 1400. The summed E-state index contributed by atoms with van der Waals surface area (Å²) in [4.78, 5) is 26.3. The van der Waals surface area contributed by atoms with Crippen LogP contribution in [0.3, 0.4) is 0 Å². The van der Waals surface area contributed by atoms with Crippen molar-refractivity contribution in [2.24, 2.45) is 0 Å². The van der Waals surface area contributed by atoms with Crippen LogP contribution in [0.25, 0.3) is 11.0 Å². The normalized spacial score (nSPS) is 14.9. The molecule has 1 unspecified atom stereocenters. The van der Waals surface area contributed by atoms with Crippen molar-refractivity contribution in [3.8, 4) is 0 Å². The Labute approximate surface area is 234 Å². The first kappa shape index (κ1) is 27.9. The van der Waals surface area contributed by atoms with E-state index in [2.05, 4.69) is 22.0 Å². The molecule has 1 aliphatic heterocycles. The summed E-state index contributed by atoms with van der Waals surface area (Å²) in [5.74, 6) is -2.16. The SMILES string of the molecule is COCCCN(C(=O)c1cccc(F)c1F)C(Cc1ccccc1CN1CCCCC1)c1nc2ccccc2[nH]1. The number of H-pyrrole nitrogens is 1. The number of nitrogens with one attached hydrogen (secondary N) is 1. The number of hydrogen-bond acceptors (Lipinski definition) is 4. The number of methoxy groups -OCH3 is 1. The Morgan fingerprint density at radius 3 is 2.52 bits per heavy atom. The van der Waals surface area contributed by atoms with Crippen LogP contribution in [0, 0.1) is 11.6 Å². The number of imidazole rings is 1. The number of aromatic amines is 1. The first-order valence-corrected chi connectivity index (χ1v) is 14.0. The van der Waals surface area contributed by atoms with E-state index in [1.54, 1.807) is 12.0 Å². The van der Waals surface area contributed by atoms with Gasteiger partial charge in [0.15, 0.2) is 11.6 Å². The van der Waals surface area contributed by atoms with Gasteiger partial charge in [-0.05, 0) is 67.7 Å². The first-order valence-electron chi connectivity index (χ1n) is 14.0. The smallest absolute Gasteiger partial charge is 0.257 e. The van der Waals surface area contributed by atoms with E-state index in [-0.39, 0.29) is 5.56 Å². The monoisotopic (exact) mass is 546 g/mol. The summed E-state index contributed by atoms with van der Waals surface area (Å²) in [6.45, 7) is 3.69. The van der Waals surface area contributed by atoms with Gasteiger partial charge in [0.25, 0.3) is 5.91 Å². The Hall–Kier alpha value is -3.62. The maximum absolute atomic E-state index is 14.9. The molecule has 0 radical (unpaired) electrons. The van der Waals surface area contributed by atoms with E-state index in [4.69, 9.17) is 9.72 Å². The Kier molecular flexibility index (Phi) is 9.19. The summed E-state index contributed by atoms with van der Waals surface area (Å²) in [6.07, 6.45) is 4.67. The van der Waals surface area contributed by atoms with Crippen LogP contribution in [0.4, 0.5) is 8.78 Å². The lowest BCUT2D eigenvalue weighted by Gasteiger charge is -2.32. The van der Waals surface area contributed by atoms with E-state index in [0.29, 0.717) is 31.8 Å². The lowest BCUT2D eigenvalue weighted by Crippen LogP contribution is -2.38. The molecule has 1 atom stereocenters. The van der Waals surface area contributed by atoms with Gasteiger partial charge < -0.3 is 14.6 Å². The third-order valence-electron chi connectivity index (χ3n) is 7.66. The van der Waals surface area contributed by atoms with Crippen molar-refractivity contribution in [1.82, 2.24) is 19.8 Å². The fourth-order valence-electron chi connectivity index (χ4n) is 5.56. The minimum atomic E-state index is -1.14. The maximum atomic E-state index is 14.9. The van der Waals surface area contributed by atoms with Crippen LogP contribution in [0.2, 0.25) is 0 Å². The third kappa shape index (κ3) is 6.40. The van der Waals surface area contributed by atoms with Crippen LogP contribution in [-0.2, 0) is 17.7 Å². The fraction of sp³-hybridized carbons (Fsp3) is 0.375. The fourth-order valence-corrected chi connectivity index (χ4v) is 5.56. The molecule has 3 aromatic carbocycles. The highest BCUT2D eigenvalue weighted by Gasteiger charge is 2.31. The molecule has 1 fully saturated rings. The van der Waals surface area contributed by atoms with Crippen LogP contribution in [0.5, 0.6) is 0 Å². The van der Waals surface area contributed by atoms with Crippen molar-refractivity contribution < 1.29 is 18.3 Å². The molecule has 0 saturated carbocycles. The number of halogens is 2. The molecular weight excluding hydrogens is 510 g/mol. The van der Waals surface area contributed by atoms with Gasteiger partial charge in [0.05, 0.1) is 22.6 Å². The zero-order valence-corrected chi connectivity index (χ0v) is 22.9. The highest BCUT2D eigenvalue weighted by molar-refractivity contribution is 5.95. The predicted octanol–water partition coefficient (Wildman–Crippen LogP) is 6.29. The molecule has 40 heavy (non-hydrogen) atoms. The summed E-state index contributed by atoms with van der Waals surface area (Å²) < 4.78 is 34.4. The zero-order chi connectivity index (χ0) is 27.9. The number of rotatable bonds is 11. The van der Waals surface area contributed by atoms with Crippen LogP contribution >= 0.6 is 0 Å². The van der Waals surface area contributed by atoms with Crippen LogP contribution in [0.15, 0.2) is 66.7 Å². The standard InChI is InChI=1S/C32H36F2N4O2/c1-40-20-10-19-38(32(39)25-13-9-14-26(33)30(25)34)29(31-35-27-15-5-6-16-28(27)36-31)21-23-11-3-4-12-24(23)22-37-17-7-2-8-18-37/h3-6,9,11-16,29H,2,7-8,10,17-22H2,1H3,(H,35,36). The van der Waals surface area contributed by atoms with Gasteiger partial charge in [-0.2, -0.15) is 0 Å². The number of para-hydroxylation sites is 2. The molecule has 8 heteroatoms.